The lowest BCUT2D eigenvalue weighted by Gasteiger charge is -2.19. The molecule has 0 radical (unpaired) electrons. The zero-order valence-corrected chi connectivity index (χ0v) is 17.4. The number of hydrogen-bond donors (Lipinski definition) is 4. The third kappa shape index (κ3) is 10.9. The van der Waals surface area contributed by atoms with Gasteiger partial charge in [0.15, 0.2) is 0 Å². The van der Waals surface area contributed by atoms with Crippen molar-refractivity contribution in [1.82, 2.24) is 21.3 Å². The smallest absolute Gasteiger partial charge is 0.243 e. The van der Waals surface area contributed by atoms with Gasteiger partial charge in [0, 0.05) is 19.4 Å². The number of hydrogen-bond acceptors (Lipinski definition) is 4. The largest absolute Gasteiger partial charge is 0.354 e. The van der Waals surface area contributed by atoms with E-state index < -0.39 is 17.9 Å². The summed E-state index contributed by atoms with van der Waals surface area (Å²) < 4.78 is 0. The van der Waals surface area contributed by atoms with Crippen LogP contribution in [-0.4, -0.2) is 49.3 Å². The van der Waals surface area contributed by atoms with Crippen LogP contribution in [0.2, 0.25) is 0 Å². The third-order valence-electron chi connectivity index (χ3n) is 3.99. The Hall–Kier alpha value is -2.90. The van der Waals surface area contributed by atoms with E-state index in [9.17, 15) is 19.2 Å². The maximum Gasteiger partial charge on any atom is 0.243 e. The molecule has 0 unspecified atom stereocenters. The highest BCUT2D eigenvalue weighted by molar-refractivity contribution is 5.92. The van der Waals surface area contributed by atoms with Crippen LogP contribution in [0.1, 0.15) is 39.2 Å². The van der Waals surface area contributed by atoms with Gasteiger partial charge in [-0.3, -0.25) is 19.2 Å². The molecule has 0 aliphatic carbocycles. The number of carbonyl (C=O) groups excluding carboxylic acids is 4. The molecule has 0 fully saturated rings. The summed E-state index contributed by atoms with van der Waals surface area (Å²) in [6.07, 6.45) is 1.30. The molecule has 0 aliphatic heterocycles. The summed E-state index contributed by atoms with van der Waals surface area (Å²) in [6.45, 7) is 5.98. The standard InChI is InChI=1S/C21H32N4O4/c1-4-8-18(26)23-14-20(28)25-17(11-16-9-6-5-7-10-16)21(29)24-13-19(27)22-12-15(2)3/h5-7,9-10,15,17H,4,8,11-14H2,1-3H3,(H,22,27)(H,23,26)(H,24,29)(H,25,28)/t17-/m0/s1. The Balaban J connectivity index is 2.64. The molecule has 0 spiro atoms. The minimum absolute atomic E-state index is 0.167. The predicted octanol–water partition coefficient (Wildman–Crippen LogP) is 0.519. The quantitative estimate of drug-likeness (QED) is 0.406. The molecule has 0 aromatic heterocycles. The molecule has 29 heavy (non-hydrogen) atoms. The van der Waals surface area contributed by atoms with E-state index in [0.717, 1.165) is 5.56 Å². The summed E-state index contributed by atoms with van der Waals surface area (Å²) in [5, 5.41) is 10.4. The number of amides is 4. The Morgan fingerprint density at radius 3 is 2.14 bits per heavy atom. The molecular weight excluding hydrogens is 372 g/mol. The summed E-state index contributed by atoms with van der Waals surface area (Å²) in [4.78, 5) is 48.1. The van der Waals surface area contributed by atoms with E-state index in [1.165, 1.54) is 0 Å². The Morgan fingerprint density at radius 1 is 0.862 bits per heavy atom. The van der Waals surface area contributed by atoms with E-state index in [1.54, 1.807) is 0 Å². The van der Waals surface area contributed by atoms with Crippen molar-refractivity contribution in [2.75, 3.05) is 19.6 Å². The van der Waals surface area contributed by atoms with Crippen LogP contribution in [0.5, 0.6) is 0 Å². The minimum atomic E-state index is -0.856. The van der Waals surface area contributed by atoms with Crippen molar-refractivity contribution < 1.29 is 19.2 Å². The van der Waals surface area contributed by atoms with Crippen LogP contribution in [0, 0.1) is 5.92 Å². The van der Waals surface area contributed by atoms with Crippen molar-refractivity contribution in [2.45, 2.75) is 46.1 Å². The van der Waals surface area contributed by atoms with Crippen LogP contribution < -0.4 is 21.3 Å². The number of rotatable bonds is 12. The first-order chi connectivity index (χ1) is 13.8. The minimum Gasteiger partial charge on any atom is -0.354 e. The SMILES string of the molecule is CCCC(=O)NCC(=O)N[C@@H](Cc1ccccc1)C(=O)NCC(=O)NCC(C)C. The van der Waals surface area contributed by atoms with Crippen LogP contribution in [-0.2, 0) is 25.6 Å². The molecule has 8 heteroatoms. The molecule has 0 aliphatic rings. The molecule has 8 nitrogen and oxygen atoms in total. The fourth-order valence-corrected chi connectivity index (χ4v) is 2.47. The summed E-state index contributed by atoms with van der Waals surface area (Å²) in [6, 6.07) is 8.40. The van der Waals surface area contributed by atoms with Crippen molar-refractivity contribution >= 4 is 23.6 Å². The molecule has 0 heterocycles. The fourth-order valence-electron chi connectivity index (χ4n) is 2.47. The van der Waals surface area contributed by atoms with E-state index in [2.05, 4.69) is 21.3 Å². The second kappa shape index (κ2) is 13.3. The summed E-state index contributed by atoms with van der Waals surface area (Å²) >= 11 is 0. The first-order valence-electron chi connectivity index (χ1n) is 9.96. The summed E-state index contributed by atoms with van der Waals surface area (Å²) in [5.74, 6) is -1.11. The van der Waals surface area contributed by atoms with Crippen LogP contribution in [0.15, 0.2) is 30.3 Å². The highest BCUT2D eigenvalue weighted by Crippen LogP contribution is 2.03. The second-order valence-electron chi connectivity index (χ2n) is 7.25. The average Bonchev–Trinajstić information content (AvgIpc) is 2.69. The topological polar surface area (TPSA) is 116 Å². The van der Waals surface area contributed by atoms with Crippen LogP contribution >= 0.6 is 0 Å². The van der Waals surface area contributed by atoms with Gasteiger partial charge < -0.3 is 21.3 Å². The van der Waals surface area contributed by atoms with E-state index in [1.807, 2.05) is 51.1 Å². The molecule has 4 amide bonds. The summed E-state index contributed by atoms with van der Waals surface area (Å²) in [7, 11) is 0. The number of nitrogens with one attached hydrogen (secondary N) is 4. The van der Waals surface area contributed by atoms with Crippen LogP contribution in [0.4, 0.5) is 0 Å². The maximum atomic E-state index is 12.6. The highest BCUT2D eigenvalue weighted by Gasteiger charge is 2.22. The van der Waals surface area contributed by atoms with Gasteiger partial charge in [0.2, 0.25) is 23.6 Å². The molecule has 0 saturated carbocycles. The first kappa shape index (κ1) is 24.1. The van der Waals surface area contributed by atoms with Gasteiger partial charge in [0.25, 0.3) is 0 Å². The summed E-state index contributed by atoms with van der Waals surface area (Å²) in [5.41, 5.74) is 0.868. The van der Waals surface area contributed by atoms with Gasteiger partial charge in [0.1, 0.15) is 6.04 Å². The zero-order chi connectivity index (χ0) is 21.6. The van der Waals surface area contributed by atoms with Gasteiger partial charge in [-0.25, -0.2) is 0 Å². The molecule has 0 saturated heterocycles. The third-order valence-corrected chi connectivity index (χ3v) is 3.99. The van der Waals surface area contributed by atoms with Gasteiger partial charge >= 0.3 is 0 Å². The van der Waals surface area contributed by atoms with Crippen LogP contribution in [0.25, 0.3) is 0 Å². The predicted molar refractivity (Wildman–Crippen MR) is 111 cm³/mol. The van der Waals surface area contributed by atoms with Crippen molar-refractivity contribution in [3.8, 4) is 0 Å². The van der Waals surface area contributed by atoms with E-state index in [4.69, 9.17) is 0 Å². The van der Waals surface area contributed by atoms with Crippen LogP contribution in [0.3, 0.4) is 0 Å². The molecule has 1 atom stereocenters. The van der Waals surface area contributed by atoms with E-state index in [0.29, 0.717) is 25.3 Å². The maximum absolute atomic E-state index is 12.6. The van der Waals surface area contributed by atoms with Crippen molar-refractivity contribution in [1.29, 1.82) is 0 Å². The normalized spacial score (nSPS) is 11.4. The molecule has 160 valence electrons. The van der Waals surface area contributed by atoms with Gasteiger partial charge in [-0.05, 0) is 17.9 Å². The Labute approximate surface area is 172 Å². The lowest BCUT2D eigenvalue weighted by Crippen LogP contribution is -2.52. The monoisotopic (exact) mass is 404 g/mol. The van der Waals surface area contributed by atoms with Gasteiger partial charge in [-0.2, -0.15) is 0 Å². The zero-order valence-electron chi connectivity index (χ0n) is 17.4. The Bertz CT molecular complexity index is 677. The van der Waals surface area contributed by atoms with E-state index in [-0.39, 0.29) is 31.3 Å². The molecule has 1 aromatic rings. The van der Waals surface area contributed by atoms with Crippen molar-refractivity contribution in [3.05, 3.63) is 35.9 Å². The lowest BCUT2D eigenvalue weighted by molar-refractivity contribution is -0.130. The lowest BCUT2D eigenvalue weighted by atomic mass is 10.1. The number of carbonyl (C=O) groups is 4. The van der Waals surface area contributed by atoms with Gasteiger partial charge in [-0.15, -0.1) is 0 Å². The second-order valence-corrected chi connectivity index (χ2v) is 7.25. The first-order valence-corrected chi connectivity index (χ1v) is 9.96. The van der Waals surface area contributed by atoms with Gasteiger partial charge in [-0.1, -0.05) is 51.1 Å². The molecular formula is C21H32N4O4. The highest BCUT2D eigenvalue weighted by atomic mass is 16.2. The van der Waals surface area contributed by atoms with E-state index >= 15 is 0 Å². The Kier molecular flexibility index (Phi) is 11.1. The molecule has 1 aromatic carbocycles. The Morgan fingerprint density at radius 2 is 1.52 bits per heavy atom. The fraction of sp³-hybridized carbons (Fsp3) is 0.524. The molecule has 1 rings (SSSR count). The molecule has 0 bridgehead atoms. The average molecular weight is 405 g/mol. The molecule has 4 N–H and O–H groups in total. The number of benzene rings is 1. The van der Waals surface area contributed by atoms with Gasteiger partial charge in [0.05, 0.1) is 13.1 Å². The van der Waals surface area contributed by atoms with Crippen molar-refractivity contribution in [3.63, 3.8) is 0 Å². The van der Waals surface area contributed by atoms with Crippen molar-refractivity contribution in [2.24, 2.45) is 5.92 Å².